The van der Waals surface area contributed by atoms with Gasteiger partial charge in [-0.05, 0) is 44.6 Å². The van der Waals surface area contributed by atoms with Crippen LogP contribution in [0, 0.1) is 5.92 Å². The van der Waals surface area contributed by atoms with Gasteiger partial charge in [0.2, 0.25) is 11.8 Å². The Bertz CT molecular complexity index is 480. The van der Waals surface area contributed by atoms with Crippen molar-refractivity contribution in [2.75, 3.05) is 0 Å². The highest BCUT2D eigenvalue weighted by molar-refractivity contribution is 6.30. The molecule has 1 aromatic rings. The van der Waals surface area contributed by atoms with E-state index in [0.29, 0.717) is 16.9 Å². The van der Waals surface area contributed by atoms with Crippen LogP contribution in [0.4, 0.5) is 0 Å². The predicted molar refractivity (Wildman–Crippen MR) is 81.4 cm³/mol. The number of hydrogen-bond acceptors (Lipinski definition) is 3. The number of nitrogens with zero attached hydrogens (tertiary/aromatic N) is 1. The van der Waals surface area contributed by atoms with E-state index in [-0.39, 0.29) is 17.9 Å². The van der Waals surface area contributed by atoms with Crippen molar-refractivity contribution >= 4 is 17.5 Å². The van der Waals surface area contributed by atoms with E-state index in [1.807, 2.05) is 0 Å². The molecule has 5 heteroatoms. The van der Waals surface area contributed by atoms with Crippen LogP contribution in [0.25, 0.3) is 0 Å². The first-order chi connectivity index (χ1) is 10.2. The van der Waals surface area contributed by atoms with Crippen LogP contribution in [-0.4, -0.2) is 23.0 Å². The van der Waals surface area contributed by atoms with Crippen LogP contribution in [0.1, 0.15) is 44.9 Å². The SMILES string of the molecule is O=C(NC1CCC(Oc2ccc(Cl)cn2)CC1)C1CCC1. The number of amides is 1. The lowest BCUT2D eigenvalue weighted by Crippen LogP contribution is -2.43. The fourth-order valence-electron chi connectivity index (χ4n) is 2.92. The Labute approximate surface area is 130 Å². The zero-order valence-corrected chi connectivity index (χ0v) is 12.8. The molecule has 0 bridgehead atoms. The Morgan fingerprint density at radius 2 is 1.95 bits per heavy atom. The lowest BCUT2D eigenvalue weighted by atomic mass is 9.84. The molecule has 0 spiro atoms. The van der Waals surface area contributed by atoms with Crippen molar-refractivity contribution in [3.63, 3.8) is 0 Å². The quantitative estimate of drug-likeness (QED) is 0.928. The molecule has 1 amide bonds. The lowest BCUT2D eigenvalue weighted by Gasteiger charge is -2.32. The number of halogens is 1. The van der Waals surface area contributed by atoms with E-state index in [1.165, 1.54) is 6.42 Å². The number of hydrogen-bond donors (Lipinski definition) is 1. The van der Waals surface area contributed by atoms with Crippen molar-refractivity contribution in [3.05, 3.63) is 23.4 Å². The molecule has 4 nitrogen and oxygen atoms in total. The molecule has 114 valence electrons. The van der Waals surface area contributed by atoms with E-state index in [2.05, 4.69) is 10.3 Å². The minimum Gasteiger partial charge on any atom is -0.474 e. The number of pyridine rings is 1. The van der Waals surface area contributed by atoms with Gasteiger partial charge in [-0.1, -0.05) is 18.0 Å². The molecule has 0 atom stereocenters. The molecule has 0 aliphatic heterocycles. The van der Waals surface area contributed by atoms with Crippen LogP contribution in [0.5, 0.6) is 5.88 Å². The molecule has 0 radical (unpaired) electrons. The Hall–Kier alpha value is -1.29. The number of rotatable bonds is 4. The van der Waals surface area contributed by atoms with Crippen LogP contribution in [-0.2, 0) is 4.79 Å². The number of aromatic nitrogens is 1. The highest BCUT2D eigenvalue weighted by Crippen LogP contribution is 2.28. The topological polar surface area (TPSA) is 51.2 Å². The van der Waals surface area contributed by atoms with Gasteiger partial charge < -0.3 is 10.1 Å². The first-order valence-electron chi connectivity index (χ1n) is 7.79. The highest BCUT2D eigenvalue weighted by atomic mass is 35.5. The standard InChI is InChI=1S/C16H21ClN2O2/c17-12-4-9-15(18-10-12)21-14-7-5-13(6-8-14)19-16(20)11-2-1-3-11/h4,9-11,13-14H,1-3,5-8H2,(H,19,20). The third-order valence-corrected chi connectivity index (χ3v) is 4.71. The van der Waals surface area contributed by atoms with Crippen molar-refractivity contribution in [3.8, 4) is 5.88 Å². The smallest absolute Gasteiger partial charge is 0.223 e. The minimum absolute atomic E-state index is 0.190. The summed E-state index contributed by atoms with van der Waals surface area (Å²) in [4.78, 5) is 16.1. The fraction of sp³-hybridized carbons (Fsp3) is 0.625. The molecule has 2 fully saturated rings. The van der Waals surface area contributed by atoms with Gasteiger partial charge in [-0.15, -0.1) is 0 Å². The molecule has 1 aromatic heterocycles. The summed E-state index contributed by atoms with van der Waals surface area (Å²) in [5.74, 6) is 1.16. The van der Waals surface area contributed by atoms with Crippen molar-refractivity contribution in [1.29, 1.82) is 0 Å². The summed E-state index contributed by atoms with van der Waals surface area (Å²) in [5, 5.41) is 3.80. The normalized spacial score (nSPS) is 26.0. The van der Waals surface area contributed by atoms with Gasteiger partial charge in [0, 0.05) is 24.2 Å². The summed E-state index contributed by atoms with van der Waals surface area (Å²) in [7, 11) is 0. The van der Waals surface area contributed by atoms with E-state index < -0.39 is 0 Å². The summed E-state index contributed by atoms with van der Waals surface area (Å²) >= 11 is 5.81. The fourth-order valence-corrected chi connectivity index (χ4v) is 3.03. The van der Waals surface area contributed by atoms with Crippen LogP contribution < -0.4 is 10.1 Å². The van der Waals surface area contributed by atoms with Gasteiger partial charge in [0.05, 0.1) is 5.02 Å². The van der Waals surface area contributed by atoms with Gasteiger partial charge in [-0.3, -0.25) is 4.79 Å². The molecule has 21 heavy (non-hydrogen) atoms. The van der Waals surface area contributed by atoms with Crippen molar-refractivity contribution in [2.45, 2.75) is 57.1 Å². The van der Waals surface area contributed by atoms with E-state index in [9.17, 15) is 4.79 Å². The van der Waals surface area contributed by atoms with Gasteiger partial charge >= 0.3 is 0 Å². The third-order valence-electron chi connectivity index (χ3n) is 4.48. The van der Waals surface area contributed by atoms with E-state index in [4.69, 9.17) is 16.3 Å². The Balaban J connectivity index is 1.42. The summed E-state index contributed by atoms with van der Waals surface area (Å²) in [5.41, 5.74) is 0. The maximum Gasteiger partial charge on any atom is 0.223 e. The second-order valence-corrected chi connectivity index (χ2v) is 6.48. The van der Waals surface area contributed by atoms with Crippen molar-refractivity contribution < 1.29 is 9.53 Å². The highest BCUT2D eigenvalue weighted by Gasteiger charge is 2.29. The van der Waals surface area contributed by atoms with E-state index >= 15 is 0 Å². The third kappa shape index (κ3) is 3.88. The molecule has 1 N–H and O–H groups in total. The molecule has 2 aliphatic rings. The van der Waals surface area contributed by atoms with Gasteiger partial charge in [0.15, 0.2) is 0 Å². The van der Waals surface area contributed by atoms with E-state index in [1.54, 1.807) is 18.3 Å². The largest absolute Gasteiger partial charge is 0.474 e. The first kappa shape index (κ1) is 14.6. The number of nitrogens with one attached hydrogen (secondary N) is 1. The molecule has 1 heterocycles. The molecular formula is C16H21ClN2O2. The number of ether oxygens (including phenoxy) is 1. The van der Waals surface area contributed by atoms with Gasteiger partial charge in [-0.25, -0.2) is 4.98 Å². The molecule has 2 aliphatic carbocycles. The zero-order chi connectivity index (χ0) is 14.7. The summed E-state index contributed by atoms with van der Waals surface area (Å²) in [6.45, 7) is 0. The molecular weight excluding hydrogens is 288 g/mol. The summed E-state index contributed by atoms with van der Waals surface area (Å²) in [6.07, 6.45) is 9.00. The Kier molecular flexibility index (Phi) is 4.63. The second kappa shape index (κ2) is 6.65. The second-order valence-electron chi connectivity index (χ2n) is 6.04. The zero-order valence-electron chi connectivity index (χ0n) is 12.1. The average molecular weight is 309 g/mol. The van der Waals surface area contributed by atoms with Crippen molar-refractivity contribution in [1.82, 2.24) is 10.3 Å². The Morgan fingerprint density at radius 3 is 2.52 bits per heavy atom. The van der Waals surface area contributed by atoms with Crippen LogP contribution in [0.15, 0.2) is 18.3 Å². The van der Waals surface area contributed by atoms with Gasteiger partial charge in [0.1, 0.15) is 6.10 Å². The molecule has 0 saturated heterocycles. The predicted octanol–water partition coefficient (Wildman–Crippen LogP) is 3.34. The molecule has 2 saturated carbocycles. The number of carbonyl (C=O) groups is 1. The minimum atomic E-state index is 0.190. The Morgan fingerprint density at radius 1 is 1.19 bits per heavy atom. The van der Waals surface area contributed by atoms with Crippen molar-refractivity contribution in [2.24, 2.45) is 5.92 Å². The average Bonchev–Trinajstić information content (AvgIpc) is 2.41. The van der Waals surface area contributed by atoms with Gasteiger partial charge in [0.25, 0.3) is 0 Å². The van der Waals surface area contributed by atoms with Crippen LogP contribution >= 0.6 is 11.6 Å². The molecule has 0 aromatic carbocycles. The van der Waals surface area contributed by atoms with E-state index in [0.717, 1.165) is 38.5 Å². The lowest BCUT2D eigenvalue weighted by molar-refractivity contribution is -0.128. The van der Waals surface area contributed by atoms with Crippen LogP contribution in [0.2, 0.25) is 5.02 Å². The maximum absolute atomic E-state index is 11.9. The number of carbonyl (C=O) groups excluding carboxylic acids is 1. The summed E-state index contributed by atoms with van der Waals surface area (Å²) < 4.78 is 5.86. The molecule has 0 unspecified atom stereocenters. The van der Waals surface area contributed by atoms with Gasteiger partial charge in [-0.2, -0.15) is 0 Å². The van der Waals surface area contributed by atoms with Crippen LogP contribution in [0.3, 0.4) is 0 Å². The molecule has 3 rings (SSSR count). The maximum atomic E-state index is 11.9. The summed E-state index contributed by atoms with van der Waals surface area (Å²) in [6, 6.07) is 3.90. The first-order valence-corrected chi connectivity index (χ1v) is 8.17. The monoisotopic (exact) mass is 308 g/mol.